The van der Waals surface area contributed by atoms with E-state index in [0.717, 1.165) is 0 Å². The molecule has 82 valence electrons. The van der Waals surface area contributed by atoms with Crippen LogP contribution in [0.4, 0.5) is 0 Å². The van der Waals surface area contributed by atoms with Crippen LogP contribution in [0, 0.1) is 0 Å². The molecular formula is C10H20N2O2. The first-order valence-electron chi connectivity index (χ1n) is 5.30. The number of ether oxygens (including phenoxy) is 1. The predicted octanol–water partition coefficient (Wildman–Crippen LogP) is 0.361. The third-order valence-corrected chi connectivity index (χ3v) is 2.54. The van der Waals surface area contributed by atoms with Gasteiger partial charge in [-0.3, -0.25) is 9.69 Å². The van der Waals surface area contributed by atoms with Gasteiger partial charge in [-0.15, -0.1) is 0 Å². The molecule has 0 saturated heterocycles. The summed E-state index contributed by atoms with van der Waals surface area (Å²) in [7, 11) is 0. The Kier molecular flexibility index (Phi) is 4.35. The smallest absolute Gasteiger partial charge is 0.320 e. The molecule has 4 nitrogen and oxygen atoms in total. The zero-order valence-electron chi connectivity index (χ0n) is 9.03. The third kappa shape index (κ3) is 3.27. The summed E-state index contributed by atoms with van der Waals surface area (Å²) in [5, 5.41) is 0. The number of nitrogens with zero attached hydrogens (tertiary/aromatic N) is 1. The van der Waals surface area contributed by atoms with Crippen LogP contribution in [0.3, 0.4) is 0 Å². The number of rotatable bonds is 6. The molecule has 0 radical (unpaired) electrons. The van der Waals surface area contributed by atoms with Crippen LogP contribution >= 0.6 is 0 Å². The fourth-order valence-electron chi connectivity index (χ4n) is 1.54. The minimum atomic E-state index is -0.139. The van der Waals surface area contributed by atoms with Crippen molar-refractivity contribution in [3.63, 3.8) is 0 Å². The molecule has 0 heterocycles. The van der Waals surface area contributed by atoms with E-state index in [1.54, 1.807) is 0 Å². The van der Waals surface area contributed by atoms with E-state index in [4.69, 9.17) is 10.5 Å². The second-order valence-electron chi connectivity index (χ2n) is 3.79. The van der Waals surface area contributed by atoms with Gasteiger partial charge in [0, 0.05) is 18.6 Å². The van der Waals surface area contributed by atoms with Crippen LogP contribution < -0.4 is 5.73 Å². The fraction of sp³-hybridized carbons (Fsp3) is 0.900. The summed E-state index contributed by atoms with van der Waals surface area (Å²) in [5.41, 5.74) is 5.59. The highest BCUT2D eigenvalue weighted by Gasteiger charge is 2.33. The van der Waals surface area contributed by atoms with Crippen molar-refractivity contribution in [3.8, 4) is 0 Å². The van der Waals surface area contributed by atoms with Crippen molar-refractivity contribution in [1.82, 2.24) is 4.90 Å². The molecule has 1 atom stereocenters. The summed E-state index contributed by atoms with van der Waals surface area (Å²) >= 11 is 0. The van der Waals surface area contributed by atoms with Crippen LogP contribution in [0.2, 0.25) is 0 Å². The first-order valence-corrected chi connectivity index (χ1v) is 5.30. The van der Waals surface area contributed by atoms with Crippen molar-refractivity contribution in [2.45, 2.75) is 38.8 Å². The molecule has 1 aliphatic carbocycles. The molecule has 1 saturated carbocycles. The van der Waals surface area contributed by atoms with Gasteiger partial charge in [-0.1, -0.05) is 0 Å². The molecule has 0 aromatic carbocycles. The van der Waals surface area contributed by atoms with Gasteiger partial charge in [0.2, 0.25) is 0 Å². The Morgan fingerprint density at radius 1 is 1.64 bits per heavy atom. The lowest BCUT2D eigenvalue weighted by atomic mass is 10.2. The molecule has 0 amide bonds. The number of carbonyl (C=O) groups is 1. The van der Waals surface area contributed by atoms with Gasteiger partial charge in [0.25, 0.3) is 0 Å². The zero-order valence-corrected chi connectivity index (χ0v) is 9.03. The van der Waals surface area contributed by atoms with Crippen molar-refractivity contribution < 1.29 is 9.53 Å². The molecule has 1 aliphatic rings. The van der Waals surface area contributed by atoms with Crippen LogP contribution in [-0.4, -0.2) is 42.6 Å². The number of carbonyl (C=O) groups excluding carboxylic acids is 1. The minimum Gasteiger partial charge on any atom is -0.465 e. The van der Waals surface area contributed by atoms with Gasteiger partial charge in [0.05, 0.1) is 13.2 Å². The van der Waals surface area contributed by atoms with E-state index in [9.17, 15) is 4.79 Å². The molecule has 0 aromatic rings. The van der Waals surface area contributed by atoms with Crippen molar-refractivity contribution in [1.29, 1.82) is 0 Å². The van der Waals surface area contributed by atoms with Crippen LogP contribution in [0.25, 0.3) is 0 Å². The van der Waals surface area contributed by atoms with Crippen molar-refractivity contribution in [2.75, 3.05) is 19.7 Å². The normalized spacial score (nSPS) is 18.3. The molecule has 1 rings (SSSR count). The van der Waals surface area contributed by atoms with Gasteiger partial charge >= 0.3 is 5.97 Å². The lowest BCUT2D eigenvalue weighted by Gasteiger charge is -2.26. The second-order valence-corrected chi connectivity index (χ2v) is 3.79. The Morgan fingerprint density at radius 2 is 2.29 bits per heavy atom. The summed E-state index contributed by atoms with van der Waals surface area (Å²) in [6.45, 7) is 5.31. The maximum atomic E-state index is 11.3. The molecule has 2 N–H and O–H groups in total. The molecule has 0 bridgehead atoms. The highest BCUT2D eigenvalue weighted by atomic mass is 16.5. The lowest BCUT2D eigenvalue weighted by molar-refractivity contribution is -0.145. The van der Waals surface area contributed by atoms with E-state index in [2.05, 4.69) is 11.8 Å². The average molecular weight is 200 g/mol. The standard InChI is InChI=1S/C10H20N2O2/c1-3-14-10(13)7-12(8(2)6-11)9-4-5-9/h8-9H,3-7,11H2,1-2H3. The third-order valence-electron chi connectivity index (χ3n) is 2.54. The number of hydrogen-bond donors (Lipinski definition) is 1. The fourth-order valence-corrected chi connectivity index (χ4v) is 1.54. The maximum absolute atomic E-state index is 11.3. The van der Waals surface area contributed by atoms with Crippen molar-refractivity contribution >= 4 is 5.97 Å². The molecular weight excluding hydrogens is 180 g/mol. The Labute approximate surface area is 85.4 Å². The van der Waals surface area contributed by atoms with E-state index in [-0.39, 0.29) is 12.0 Å². The van der Waals surface area contributed by atoms with Crippen LogP contribution in [0.5, 0.6) is 0 Å². The topological polar surface area (TPSA) is 55.6 Å². The first kappa shape index (κ1) is 11.5. The maximum Gasteiger partial charge on any atom is 0.320 e. The summed E-state index contributed by atoms with van der Waals surface area (Å²) in [4.78, 5) is 13.5. The number of hydrogen-bond acceptors (Lipinski definition) is 4. The molecule has 0 aromatic heterocycles. The van der Waals surface area contributed by atoms with E-state index < -0.39 is 0 Å². The summed E-state index contributed by atoms with van der Waals surface area (Å²) in [5.74, 6) is -0.139. The van der Waals surface area contributed by atoms with Crippen LogP contribution in [0.15, 0.2) is 0 Å². The van der Waals surface area contributed by atoms with E-state index >= 15 is 0 Å². The van der Waals surface area contributed by atoms with Gasteiger partial charge in [0.1, 0.15) is 0 Å². The Balaban J connectivity index is 2.38. The summed E-state index contributed by atoms with van der Waals surface area (Å²) in [6.07, 6.45) is 2.37. The SMILES string of the molecule is CCOC(=O)CN(C(C)CN)C1CC1. The average Bonchev–Trinajstić information content (AvgIpc) is 2.97. The zero-order chi connectivity index (χ0) is 10.6. The molecule has 1 unspecified atom stereocenters. The quantitative estimate of drug-likeness (QED) is 0.629. The van der Waals surface area contributed by atoms with Crippen LogP contribution in [-0.2, 0) is 9.53 Å². The first-order chi connectivity index (χ1) is 6.69. The lowest BCUT2D eigenvalue weighted by Crippen LogP contribution is -2.43. The van der Waals surface area contributed by atoms with Gasteiger partial charge in [-0.2, -0.15) is 0 Å². The second kappa shape index (κ2) is 5.32. The number of esters is 1. The minimum absolute atomic E-state index is 0.139. The predicted molar refractivity (Wildman–Crippen MR) is 54.9 cm³/mol. The monoisotopic (exact) mass is 200 g/mol. The highest BCUT2D eigenvalue weighted by molar-refractivity contribution is 5.71. The largest absolute Gasteiger partial charge is 0.465 e. The number of nitrogens with two attached hydrogens (primary N) is 1. The van der Waals surface area contributed by atoms with Gasteiger partial charge in [0.15, 0.2) is 0 Å². The molecule has 1 fully saturated rings. The van der Waals surface area contributed by atoms with Crippen molar-refractivity contribution in [3.05, 3.63) is 0 Å². The van der Waals surface area contributed by atoms with E-state index in [0.29, 0.717) is 25.7 Å². The molecule has 4 heteroatoms. The summed E-state index contributed by atoms with van der Waals surface area (Å²) < 4.78 is 4.92. The van der Waals surface area contributed by atoms with E-state index in [1.807, 2.05) is 6.92 Å². The van der Waals surface area contributed by atoms with Gasteiger partial charge in [-0.05, 0) is 26.7 Å². The molecule has 14 heavy (non-hydrogen) atoms. The van der Waals surface area contributed by atoms with Crippen LogP contribution in [0.1, 0.15) is 26.7 Å². The van der Waals surface area contributed by atoms with Gasteiger partial charge in [-0.25, -0.2) is 0 Å². The Bertz CT molecular complexity index is 193. The Hall–Kier alpha value is -0.610. The summed E-state index contributed by atoms with van der Waals surface area (Å²) in [6, 6.07) is 0.824. The van der Waals surface area contributed by atoms with Gasteiger partial charge < -0.3 is 10.5 Å². The van der Waals surface area contributed by atoms with E-state index in [1.165, 1.54) is 12.8 Å². The Morgan fingerprint density at radius 3 is 2.71 bits per heavy atom. The molecule has 0 spiro atoms. The highest BCUT2D eigenvalue weighted by Crippen LogP contribution is 2.28. The molecule has 0 aliphatic heterocycles. The van der Waals surface area contributed by atoms with Crippen molar-refractivity contribution in [2.24, 2.45) is 5.73 Å².